The normalized spacial score (nSPS) is 13.6. The third-order valence-corrected chi connectivity index (χ3v) is 2.46. The van der Waals surface area contributed by atoms with Crippen LogP contribution in [0.5, 0.6) is 0 Å². The van der Waals surface area contributed by atoms with Gasteiger partial charge in [-0.15, -0.1) is 0 Å². The first-order valence-electron chi connectivity index (χ1n) is 4.94. The lowest BCUT2D eigenvalue weighted by molar-refractivity contribution is -0.123. The molecule has 1 heterocycles. The van der Waals surface area contributed by atoms with Gasteiger partial charge in [-0.1, -0.05) is 22.9 Å². The van der Waals surface area contributed by atoms with E-state index < -0.39 is 4.32 Å². The predicted octanol–water partition coefficient (Wildman–Crippen LogP) is 2.15. The molecule has 0 saturated heterocycles. The fraction of sp³-hybridized carbons (Fsp3) is 0.600. The molecule has 0 aliphatic heterocycles. The number of aromatic nitrogens is 2. The molecule has 0 aromatic carbocycles. The summed E-state index contributed by atoms with van der Waals surface area (Å²) in [5, 5.41) is 2.93. The highest BCUT2D eigenvalue weighted by Gasteiger charge is 2.26. The SMILES string of the molecule is CCC(NC(=O)C(C)(C)Br)c1ncc[nH]1. The number of nitrogens with zero attached hydrogens (tertiary/aromatic N) is 1. The maximum atomic E-state index is 11.7. The lowest BCUT2D eigenvalue weighted by Gasteiger charge is -2.20. The Labute approximate surface area is 98.0 Å². The second-order valence-electron chi connectivity index (χ2n) is 3.88. The van der Waals surface area contributed by atoms with Crippen molar-refractivity contribution in [3.8, 4) is 0 Å². The fourth-order valence-electron chi connectivity index (χ4n) is 1.16. The van der Waals surface area contributed by atoms with Crippen molar-refractivity contribution >= 4 is 21.8 Å². The molecule has 0 aliphatic carbocycles. The van der Waals surface area contributed by atoms with Crippen molar-refractivity contribution in [2.45, 2.75) is 37.6 Å². The Hall–Kier alpha value is -0.840. The van der Waals surface area contributed by atoms with E-state index in [1.165, 1.54) is 0 Å². The van der Waals surface area contributed by atoms with Crippen molar-refractivity contribution in [2.75, 3.05) is 0 Å². The Morgan fingerprint density at radius 1 is 1.73 bits per heavy atom. The van der Waals surface area contributed by atoms with E-state index in [0.29, 0.717) is 0 Å². The topological polar surface area (TPSA) is 57.8 Å². The molecule has 84 valence electrons. The highest BCUT2D eigenvalue weighted by Crippen LogP contribution is 2.19. The molecule has 15 heavy (non-hydrogen) atoms. The van der Waals surface area contributed by atoms with E-state index in [0.717, 1.165) is 12.2 Å². The average Bonchev–Trinajstić information content (AvgIpc) is 2.64. The molecule has 1 aromatic heterocycles. The number of hydrogen-bond donors (Lipinski definition) is 2. The molecule has 0 saturated carbocycles. The quantitative estimate of drug-likeness (QED) is 0.826. The Kier molecular flexibility index (Phi) is 3.90. The van der Waals surface area contributed by atoms with Gasteiger partial charge in [0.1, 0.15) is 5.82 Å². The van der Waals surface area contributed by atoms with Crippen LogP contribution in [0.25, 0.3) is 0 Å². The number of imidazole rings is 1. The Morgan fingerprint density at radius 3 is 2.80 bits per heavy atom. The maximum Gasteiger partial charge on any atom is 0.236 e. The van der Waals surface area contributed by atoms with Gasteiger partial charge in [0.25, 0.3) is 0 Å². The van der Waals surface area contributed by atoms with E-state index in [4.69, 9.17) is 0 Å². The van der Waals surface area contributed by atoms with Gasteiger partial charge in [-0.05, 0) is 20.3 Å². The number of alkyl halides is 1. The van der Waals surface area contributed by atoms with E-state index in [-0.39, 0.29) is 11.9 Å². The van der Waals surface area contributed by atoms with Gasteiger partial charge in [0.05, 0.1) is 10.4 Å². The van der Waals surface area contributed by atoms with Crippen LogP contribution in [0, 0.1) is 0 Å². The zero-order valence-corrected chi connectivity index (χ0v) is 10.8. The first-order valence-corrected chi connectivity index (χ1v) is 5.73. The van der Waals surface area contributed by atoms with Crippen molar-refractivity contribution in [3.63, 3.8) is 0 Å². The number of carbonyl (C=O) groups excluding carboxylic acids is 1. The average molecular weight is 274 g/mol. The summed E-state index contributed by atoms with van der Waals surface area (Å²) in [4.78, 5) is 18.9. The van der Waals surface area contributed by atoms with Crippen LogP contribution in [0.4, 0.5) is 0 Å². The number of halogens is 1. The number of amides is 1. The van der Waals surface area contributed by atoms with Crippen LogP contribution in [-0.2, 0) is 4.79 Å². The van der Waals surface area contributed by atoms with Crippen molar-refractivity contribution in [3.05, 3.63) is 18.2 Å². The molecule has 1 atom stereocenters. The summed E-state index contributed by atoms with van der Waals surface area (Å²) < 4.78 is -0.549. The number of hydrogen-bond acceptors (Lipinski definition) is 2. The minimum atomic E-state index is -0.549. The van der Waals surface area contributed by atoms with Crippen molar-refractivity contribution in [1.29, 1.82) is 0 Å². The number of carbonyl (C=O) groups is 1. The van der Waals surface area contributed by atoms with E-state index in [1.54, 1.807) is 12.4 Å². The van der Waals surface area contributed by atoms with Gasteiger partial charge in [-0.2, -0.15) is 0 Å². The van der Waals surface area contributed by atoms with Crippen molar-refractivity contribution < 1.29 is 4.79 Å². The van der Waals surface area contributed by atoms with Gasteiger partial charge in [-0.3, -0.25) is 4.79 Å². The molecule has 0 radical (unpaired) electrons. The first-order chi connectivity index (χ1) is 6.95. The number of aromatic amines is 1. The second-order valence-corrected chi connectivity index (χ2v) is 5.86. The molecule has 4 nitrogen and oxygen atoms in total. The standard InChI is InChI=1S/C10H16BrN3O/c1-4-7(8-12-5-6-13-8)14-9(15)10(2,3)11/h5-7H,4H2,1-3H3,(H,12,13)(H,14,15). The molecule has 2 N–H and O–H groups in total. The molecule has 0 fully saturated rings. The third-order valence-electron chi connectivity index (χ3n) is 2.10. The molecule has 0 bridgehead atoms. The maximum absolute atomic E-state index is 11.7. The summed E-state index contributed by atoms with van der Waals surface area (Å²) >= 11 is 3.32. The van der Waals surface area contributed by atoms with E-state index in [9.17, 15) is 4.79 Å². The smallest absolute Gasteiger partial charge is 0.236 e. The minimum absolute atomic E-state index is 0.0363. The lowest BCUT2D eigenvalue weighted by atomic mass is 10.1. The molecule has 1 amide bonds. The third kappa shape index (κ3) is 3.34. The van der Waals surface area contributed by atoms with Crippen LogP contribution in [0.15, 0.2) is 12.4 Å². The van der Waals surface area contributed by atoms with Crippen LogP contribution < -0.4 is 5.32 Å². The Morgan fingerprint density at radius 2 is 2.40 bits per heavy atom. The van der Waals surface area contributed by atoms with Crippen LogP contribution in [-0.4, -0.2) is 20.2 Å². The minimum Gasteiger partial charge on any atom is -0.347 e. The number of nitrogens with one attached hydrogen (secondary N) is 2. The highest BCUT2D eigenvalue weighted by atomic mass is 79.9. The molecule has 1 aromatic rings. The van der Waals surface area contributed by atoms with Gasteiger partial charge in [0, 0.05) is 12.4 Å². The largest absolute Gasteiger partial charge is 0.347 e. The summed E-state index contributed by atoms with van der Waals surface area (Å²) in [6.07, 6.45) is 4.25. The Balaban J connectivity index is 2.67. The van der Waals surface area contributed by atoms with Crippen LogP contribution in [0.1, 0.15) is 39.1 Å². The Bertz CT molecular complexity index is 316. The van der Waals surface area contributed by atoms with Crippen LogP contribution in [0.2, 0.25) is 0 Å². The number of H-pyrrole nitrogens is 1. The first kappa shape index (κ1) is 12.2. The van der Waals surface area contributed by atoms with E-state index >= 15 is 0 Å². The molecular formula is C10H16BrN3O. The lowest BCUT2D eigenvalue weighted by Crippen LogP contribution is -2.39. The predicted molar refractivity (Wildman–Crippen MR) is 62.8 cm³/mol. The summed E-state index contributed by atoms with van der Waals surface area (Å²) in [5.74, 6) is 0.758. The van der Waals surface area contributed by atoms with Gasteiger partial charge in [0.2, 0.25) is 5.91 Å². The fourth-order valence-corrected chi connectivity index (χ4v) is 1.28. The molecular weight excluding hydrogens is 258 g/mol. The summed E-state index contributed by atoms with van der Waals surface area (Å²) in [7, 11) is 0. The van der Waals surface area contributed by atoms with Gasteiger partial charge >= 0.3 is 0 Å². The van der Waals surface area contributed by atoms with Gasteiger partial charge < -0.3 is 10.3 Å². The van der Waals surface area contributed by atoms with Gasteiger partial charge in [-0.25, -0.2) is 4.98 Å². The van der Waals surface area contributed by atoms with Crippen LogP contribution >= 0.6 is 15.9 Å². The second kappa shape index (κ2) is 4.79. The van der Waals surface area contributed by atoms with Crippen molar-refractivity contribution in [1.82, 2.24) is 15.3 Å². The molecule has 0 aliphatic rings. The van der Waals surface area contributed by atoms with Gasteiger partial charge in [0.15, 0.2) is 0 Å². The zero-order valence-electron chi connectivity index (χ0n) is 9.17. The highest BCUT2D eigenvalue weighted by molar-refractivity contribution is 9.10. The molecule has 1 unspecified atom stereocenters. The summed E-state index contributed by atoms with van der Waals surface area (Å²) in [6, 6.07) is -0.0516. The van der Waals surface area contributed by atoms with Crippen LogP contribution in [0.3, 0.4) is 0 Å². The molecule has 1 rings (SSSR count). The van der Waals surface area contributed by atoms with E-state index in [2.05, 4.69) is 31.2 Å². The monoisotopic (exact) mass is 273 g/mol. The summed E-state index contributed by atoms with van der Waals surface area (Å²) in [5.41, 5.74) is 0. The summed E-state index contributed by atoms with van der Waals surface area (Å²) in [6.45, 7) is 5.64. The van der Waals surface area contributed by atoms with Crippen molar-refractivity contribution in [2.24, 2.45) is 0 Å². The number of rotatable bonds is 4. The molecule has 0 spiro atoms. The van der Waals surface area contributed by atoms with E-state index in [1.807, 2.05) is 20.8 Å². The molecule has 5 heteroatoms. The zero-order chi connectivity index (χ0) is 11.5.